The van der Waals surface area contributed by atoms with Crippen LogP contribution in [0.15, 0.2) is 84.9 Å². The molecule has 0 aromatic heterocycles. The molecule has 2 amide bonds. The van der Waals surface area contributed by atoms with Gasteiger partial charge in [0, 0.05) is 21.5 Å². The van der Waals surface area contributed by atoms with Gasteiger partial charge in [0.05, 0.1) is 0 Å². The van der Waals surface area contributed by atoms with Gasteiger partial charge in [0.15, 0.2) is 0 Å². The van der Waals surface area contributed by atoms with E-state index in [1.807, 2.05) is 60.7 Å². The van der Waals surface area contributed by atoms with E-state index in [0.29, 0.717) is 12.2 Å². The number of rotatable bonds is 7. The number of hydrogen-bond donors (Lipinski definition) is 1. The highest BCUT2D eigenvalue weighted by molar-refractivity contribution is 14.1. The first kappa shape index (κ1) is 21.0. The van der Waals surface area contributed by atoms with Crippen LogP contribution >= 0.6 is 22.6 Å². The molecule has 148 valence electrons. The topological polar surface area (TPSA) is 49.4 Å². The molecule has 0 spiro atoms. The van der Waals surface area contributed by atoms with E-state index in [-0.39, 0.29) is 0 Å². The smallest absolute Gasteiger partial charge is 0.316 e. The van der Waals surface area contributed by atoms with Crippen LogP contribution in [0, 0.1) is 3.57 Å². The van der Waals surface area contributed by atoms with Crippen LogP contribution in [0.25, 0.3) is 0 Å². The van der Waals surface area contributed by atoms with Gasteiger partial charge < -0.3 is 10.2 Å². The number of nitrogens with zero attached hydrogens (tertiary/aromatic N) is 1. The van der Waals surface area contributed by atoms with Gasteiger partial charge in [0.2, 0.25) is 0 Å². The average molecular weight is 498 g/mol. The number of nitrogens with one attached hydrogen (secondary N) is 1. The predicted molar refractivity (Wildman–Crippen MR) is 126 cm³/mol. The average Bonchev–Trinajstić information content (AvgIpc) is 2.76. The predicted octanol–water partition coefficient (Wildman–Crippen LogP) is 5.29. The van der Waals surface area contributed by atoms with Crippen molar-refractivity contribution in [3.8, 4) is 0 Å². The van der Waals surface area contributed by atoms with E-state index < -0.39 is 11.8 Å². The Morgan fingerprint density at radius 1 is 0.793 bits per heavy atom. The van der Waals surface area contributed by atoms with Gasteiger partial charge in [-0.05, 0) is 77.7 Å². The summed E-state index contributed by atoms with van der Waals surface area (Å²) in [5, 5.41) is 2.68. The molecule has 0 unspecified atom stereocenters. The minimum absolute atomic E-state index is 0.495. The summed E-state index contributed by atoms with van der Waals surface area (Å²) in [6.45, 7) is 0.495. The maximum absolute atomic E-state index is 12.9. The van der Waals surface area contributed by atoms with E-state index in [9.17, 15) is 9.59 Å². The second-order valence-corrected chi connectivity index (χ2v) is 7.82. The largest absolute Gasteiger partial charge is 0.318 e. The Morgan fingerprint density at radius 3 is 2.10 bits per heavy atom. The maximum Gasteiger partial charge on any atom is 0.316 e. The normalized spacial score (nSPS) is 10.4. The second kappa shape index (κ2) is 10.8. The van der Waals surface area contributed by atoms with Crippen molar-refractivity contribution in [2.24, 2.45) is 0 Å². The Bertz CT molecular complexity index is 945. The van der Waals surface area contributed by atoms with E-state index in [2.05, 4.69) is 40.0 Å². The van der Waals surface area contributed by atoms with Crippen molar-refractivity contribution in [2.45, 2.75) is 19.3 Å². The first-order chi connectivity index (χ1) is 14.1. The van der Waals surface area contributed by atoms with Gasteiger partial charge in [-0.3, -0.25) is 9.59 Å². The molecule has 3 aromatic rings. The van der Waals surface area contributed by atoms with Gasteiger partial charge in [-0.25, -0.2) is 0 Å². The van der Waals surface area contributed by atoms with E-state index >= 15 is 0 Å². The fourth-order valence-corrected chi connectivity index (χ4v) is 3.73. The molecular weight excluding hydrogens is 475 g/mol. The molecule has 0 aliphatic carbocycles. The molecule has 0 bridgehead atoms. The van der Waals surface area contributed by atoms with Gasteiger partial charge in [-0.1, -0.05) is 54.6 Å². The number of carbonyl (C=O) groups excluding carboxylic acids is 2. The van der Waals surface area contributed by atoms with Crippen molar-refractivity contribution in [3.63, 3.8) is 0 Å². The highest BCUT2D eigenvalue weighted by Gasteiger charge is 2.23. The van der Waals surface area contributed by atoms with E-state index in [0.717, 1.165) is 24.9 Å². The molecule has 5 heteroatoms. The van der Waals surface area contributed by atoms with E-state index in [4.69, 9.17) is 0 Å². The Labute approximate surface area is 185 Å². The number of anilines is 2. The number of hydrogen-bond acceptors (Lipinski definition) is 2. The summed E-state index contributed by atoms with van der Waals surface area (Å²) in [6, 6.07) is 26.7. The molecule has 0 fully saturated rings. The summed E-state index contributed by atoms with van der Waals surface area (Å²) in [6.07, 6.45) is 2.70. The Balaban J connectivity index is 1.64. The molecule has 0 radical (unpaired) electrons. The van der Waals surface area contributed by atoms with Crippen LogP contribution in [0.1, 0.15) is 18.4 Å². The lowest BCUT2D eigenvalue weighted by molar-refractivity contribution is -0.134. The third-order valence-corrected chi connectivity index (χ3v) is 5.63. The zero-order valence-corrected chi connectivity index (χ0v) is 18.2. The summed E-state index contributed by atoms with van der Waals surface area (Å²) in [5.74, 6) is -1.17. The van der Waals surface area contributed by atoms with Crippen molar-refractivity contribution >= 4 is 45.8 Å². The number of aryl methyl sites for hydroxylation is 1. The third kappa shape index (κ3) is 6.15. The standard InChI is InChI=1S/C24H23IN2O2/c25-22-17-8-7-11-19(22)12-9-10-18-27(21-15-5-2-6-16-21)24(29)23(28)26-20-13-3-1-4-14-20/h1-8,11,13-17H,9-10,12,18H2,(H,26,28). The van der Waals surface area contributed by atoms with Crippen LogP contribution in [0.5, 0.6) is 0 Å². The quantitative estimate of drug-likeness (QED) is 0.274. The maximum atomic E-state index is 12.9. The van der Waals surface area contributed by atoms with Gasteiger partial charge >= 0.3 is 11.8 Å². The Morgan fingerprint density at radius 2 is 1.41 bits per heavy atom. The summed E-state index contributed by atoms with van der Waals surface area (Å²) in [4.78, 5) is 27.0. The highest BCUT2D eigenvalue weighted by Crippen LogP contribution is 2.18. The zero-order valence-electron chi connectivity index (χ0n) is 16.1. The molecule has 0 saturated carbocycles. The van der Waals surface area contributed by atoms with Crippen LogP contribution in [0.3, 0.4) is 0 Å². The molecular formula is C24H23IN2O2. The molecule has 0 heterocycles. The molecule has 4 nitrogen and oxygen atoms in total. The summed E-state index contributed by atoms with van der Waals surface area (Å²) >= 11 is 2.35. The fourth-order valence-electron chi connectivity index (χ4n) is 3.07. The monoisotopic (exact) mass is 498 g/mol. The Hall–Kier alpha value is -2.67. The number of benzene rings is 3. The van der Waals surface area contributed by atoms with Gasteiger partial charge in [-0.2, -0.15) is 0 Å². The lowest BCUT2D eigenvalue weighted by Crippen LogP contribution is -2.40. The molecule has 3 rings (SSSR count). The van der Waals surface area contributed by atoms with Crippen molar-refractivity contribution in [1.82, 2.24) is 0 Å². The highest BCUT2D eigenvalue weighted by atomic mass is 127. The van der Waals surface area contributed by atoms with Gasteiger partial charge in [0.1, 0.15) is 0 Å². The van der Waals surface area contributed by atoms with Gasteiger partial charge in [-0.15, -0.1) is 0 Å². The molecule has 0 aliphatic heterocycles. The van der Waals surface area contributed by atoms with Crippen molar-refractivity contribution in [3.05, 3.63) is 94.1 Å². The van der Waals surface area contributed by atoms with Crippen LogP contribution in [-0.2, 0) is 16.0 Å². The van der Waals surface area contributed by atoms with Crippen LogP contribution in [0.4, 0.5) is 11.4 Å². The fraction of sp³-hybridized carbons (Fsp3) is 0.167. The minimum atomic E-state index is -0.627. The minimum Gasteiger partial charge on any atom is -0.318 e. The molecule has 29 heavy (non-hydrogen) atoms. The molecule has 3 aromatic carbocycles. The van der Waals surface area contributed by atoms with Crippen molar-refractivity contribution in [2.75, 3.05) is 16.8 Å². The summed E-state index contributed by atoms with van der Waals surface area (Å²) in [5.41, 5.74) is 2.65. The van der Waals surface area contributed by atoms with Crippen LogP contribution in [-0.4, -0.2) is 18.4 Å². The number of halogens is 1. The molecule has 0 atom stereocenters. The lowest BCUT2D eigenvalue weighted by atomic mass is 10.1. The number of para-hydroxylation sites is 2. The van der Waals surface area contributed by atoms with Crippen LogP contribution < -0.4 is 10.2 Å². The molecule has 0 aliphatic rings. The van der Waals surface area contributed by atoms with E-state index in [1.54, 1.807) is 17.0 Å². The lowest BCUT2D eigenvalue weighted by Gasteiger charge is -2.22. The Kier molecular flexibility index (Phi) is 7.81. The third-order valence-electron chi connectivity index (χ3n) is 4.57. The molecule has 0 saturated heterocycles. The van der Waals surface area contributed by atoms with Gasteiger partial charge in [0.25, 0.3) is 0 Å². The number of carbonyl (C=O) groups is 2. The SMILES string of the molecule is O=C(Nc1ccccc1)C(=O)N(CCCCc1ccccc1I)c1ccccc1. The van der Waals surface area contributed by atoms with Crippen LogP contribution in [0.2, 0.25) is 0 Å². The number of amides is 2. The molecule has 1 N–H and O–H groups in total. The first-order valence-electron chi connectivity index (χ1n) is 9.61. The second-order valence-electron chi connectivity index (χ2n) is 6.66. The first-order valence-corrected chi connectivity index (χ1v) is 10.7. The van der Waals surface area contributed by atoms with Crippen molar-refractivity contribution < 1.29 is 9.59 Å². The summed E-state index contributed by atoms with van der Waals surface area (Å²) in [7, 11) is 0. The summed E-state index contributed by atoms with van der Waals surface area (Å²) < 4.78 is 1.25. The number of unbranched alkanes of at least 4 members (excludes halogenated alkanes) is 1. The zero-order chi connectivity index (χ0) is 20.5. The van der Waals surface area contributed by atoms with E-state index in [1.165, 1.54) is 9.13 Å². The van der Waals surface area contributed by atoms with Crippen molar-refractivity contribution in [1.29, 1.82) is 0 Å².